The van der Waals surface area contributed by atoms with Crippen LogP contribution in [-0.2, 0) is 17.6 Å². The molecule has 6 nitrogen and oxygen atoms in total. The molecule has 0 bridgehead atoms. The molecule has 0 spiro atoms. The second kappa shape index (κ2) is 8.03. The number of fused-ring (bicyclic) bond motifs is 1. The van der Waals surface area contributed by atoms with Gasteiger partial charge in [-0.15, -0.1) is 13.2 Å². The lowest BCUT2D eigenvalue weighted by Crippen LogP contribution is -2.21. The van der Waals surface area contributed by atoms with Gasteiger partial charge in [0, 0.05) is 16.9 Å². The smallest absolute Gasteiger partial charge is 0.406 e. The first-order chi connectivity index (χ1) is 12.8. The molecule has 0 atom stereocenters. The average molecular weight is 399 g/mol. The number of carbonyl (C=O) groups is 1. The molecule has 144 valence electrons. The fourth-order valence-corrected chi connectivity index (χ4v) is 3.67. The summed E-state index contributed by atoms with van der Waals surface area (Å²) in [6.07, 6.45) is -1.15. The molecule has 1 aliphatic rings. The molecule has 10 heteroatoms. The van der Waals surface area contributed by atoms with Crippen LogP contribution in [0.5, 0.6) is 5.75 Å². The normalized spacial score (nSPS) is 13.7. The first-order valence-electron chi connectivity index (χ1n) is 8.21. The minimum Gasteiger partial charge on any atom is -0.406 e. The van der Waals surface area contributed by atoms with Crippen LogP contribution in [0.25, 0.3) is 0 Å². The predicted molar refractivity (Wildman–Crippen MR) is 94.0 cm³/mol. The Hall–Kier alpha value is -2.49. The van der Waals surface area contributed by atoms with Crippen molar-refractivity contribution in [3.8, 4) is 5.75 Å². The number of H-pyrrole nitrogens is 1. The minimum absolute atomic E-state index is 0.0314. The molecule has 0 unspecified atom stereocenters. The SMILES string of the molecule is O=C(CSc1nc(=O)[nH]c2c1CCCC2)Nc1ccc(OC(F)(F)F)cc1. The number of thioether (sulfide) groups is 1. The number of halogens is 3. The fourth-order valence-electron chi connectivity index (χ4n) is 2.79. The van der Waals surface area contributed by atoms with E-state index in [0.29, 0.717) is 10.7 Å². The van der Waals surface area contributed by atoms with E-state index < -0.39 is 12.1 Å². The van der Waals surface area contributed by atoms with E-state index in [2.05, 4.69) is 20.0 Å². The Labute approximate surface area is 156 Å². The van der Waals surface area contributed by atoms with E-state index in [0.717, 1.165) is 49.1 Å². The molecule has 0 aliphatic heterocycles. The Bertz CT molecular complexity index is 882. The van der Waals surface area contributed by atoms with Gasteiger partial charge in [-0.05, 0) is 49.9 Å². The molecule has 0 saturated carbocycles. The topological polar surface area (TPSA) is 84.1 Å². The molecule has 0 fully saturated rings. The number of nitrogens with zero attached hydrogens (tertiary/aromatic N) is 1. The summed E-state index contributed by atoms with van der Waals surface area (Å²) in [7, 11) is 0. The fraction of sp³-hybridized carbons (Fsp3) is 0.353. The summed E-state index contributed by atoms with van der Waals surface area (Å²) in [6.45, 7) is 0. The molecule has 2 aromatic rings. The number of aryl methyl sites for hydroxylation is 1. The second-order valence-electron chi connectivity index (χ2n) is 5.92. The number of amides is 1. The van der Waals surface area contributed by atoms with E-state index in [1.54, 1.807) is 0 Å². The molecule has 1 aromatic carbocycles. The van der Waals surface area contributed by atoms with Gasteiger partial charge >= 0.3 is 12.1 Å². The van der Waals surface area contributed by atoms with Crippen LogP contribution in [0.3, 0.4) is 0 Å². The van der Waals surface area contributed by atoms with Gasteiger partial charge in [0.1, 0.15) is 10.8 Å². The standard InChI is InChI=1S/C17H16F3N3O3S/c18-17(19,20)26-11-7-5-10(6-8-11)21-14(24)9-27-15-12-3-1-2-4-13(12)22-16(25)23-15/h5-8H,1-4,9H2,(H,21,24)(H,22,23,25). The van der Waals surface area contributed by atoms with Gasteiger partial charge in [0.25, 0.3) is 0 Å². The van der Waals surface area contributed by atoms with Crippen molar-refractivity contribution < 1.29 is 22.7 Å². The van der Waals surface area contributed by atoms with Crippen molar-refractivity contribution in [2.24, 2.45) is 0 Å². The molecule has 1 amide bonds. The van der Waals surface area contributed by atoms with Crippen LogP contribution >= 0.6 is 11.8 Å². The summed E-state index contributed by atoms with van der Waals surface area (Å²) in [5.41, 5.74) is 1.77. The molecule has 1 heterocycles. The third-order valence-electron chi connectivity index (χ3n) is 3.90. The largest absolute Gasteiger partial charge is 0.573 e. The predicted octanol–water partition coefficient (Wildman–Crippen LogP) is 3.28. The van der Waals surface area contributed by atoms with Gasteiger partial charge in [-0.3, -0.25) is 4.79 Å². The van der Waals surface area contributed by atoms with E-state index in [9.17, 15) is 22.8 Å². The van der Waals surface area contributed by atoms with E-state index in [4.69, 9.17) is 0 Å². The Morgan fingerprint density at radius 2 is 1.93 bits per heavy atom. The van der Waals surface area contributed by atoms with Gasteiger partial charge < -0.3 is 15.0 Å². The number of benzene rings is 1. The van der Waals surface area contributed by atoms with Crippen LogP contribution in [0.2, 0.25) is 0 Å². The van der Waals surface area contributed by atoms with Gasteiger partial charge in [-0.2, -0.15) is 4.98 Å². The summed E-state index contributed by atoms with van der Waals surface area (Å²) in [4.78, 5) is 30.5. The quantitative estimate of drug-likeness (QED) is 0.596. The molecule has 3 rings (SSSR count). The van der Waals surface area contributed by atoms with Crippen LogP contribution in [0, 0.1) is 0 Å². The summed E-state index contributed by atoms with van der Waals surface area (Å²) in [6, 6.07) is 4.86. The number of carbonyl (C=O) groups excluding carboxylic acids is 1. The molecule has 0 saturated heterocycles. The zero-order valence-electron chi connectivity index (χ0n) is 14.1. The third-order valence-corrected chi connectivity index (χ3v) is 4.92. The average Bonchev–Trinajstić information content (AvgIpc) is 2.60. The molecular weight excluding hydrogens is 383 g/mol. The minimum atomic E-state index is -4.76. The van der Waals surface area contributed by atoms with Crippen molar-refractivity contribution in [2.45, 2.75) is 37.1 Å². The maximum absolute atomic E-state index is 12.1. The molecule has 1 aliphatic carbocycles. The highest BCUT2D eigenvalue weighted by atomic mass is 32.2. The van der Waals surface area contributed by atoms with Crippen molar-refractivity contribution in [1.29, 1.82) is 0 Å². The number of hydrogen-bond acceptors (Lipinski definition) is 5. The zero-order chi connectivity index (χ0) is 19.4. The van der Waals surface area contributed by atoms with E-state index >= 15 is 0 Å². The number of rotatable bonds is 5. The maximum Gasteiger partial charge on any atom is 0.573 e. The number of hydrogen-bond donors (Lipinski definition) is 2. The summed E-state index contributed by atoms with van der Waals surface area (Å²) in [5, 5.41) is 3.14. The Kier molecular flexibility index (Phi) is 5.73. The summed E-state index contributed by atoms with van der Waals surface area (Å²) in [5.74, 6) is -0.686. The lowest BCUT2D eigenvalue weighted by molar-refractivity contribution is -0.274. The molecule has 27 heavy (non-hydrogen) atoms. The van der Waals surface area contributed by atoms with Crippen molar-refractivity contribution in [3.05, 3.63) is 46.0 Å². The number of aromatic nitrogens is 2. The highest BCUT2D eigenvalue weighted by Gasteiger charge is 2.31. The Morgan fingerprint density at radius 3 is 2.63 bits per heavy atom. The lowest BCUT2D eigenvalue weighted by Gasteiger charge is -2.17. The zero-order valence-corrected chi connectivity index (χ0v) is 14.9. The van der Waals surface area contributed by atoms with E-state index in [1.807, 2.05) is 0 Å². The van der Waals surface area contributed by atoms with Crippen molar-refractivity contribution >= 4 is 23.4 Å². The van der Waals surface area contributed by atoms with Gasteiger partial charge in [0.15, 0.2) is 0 Å². The highest BCUT2D eigenvalue weighted by Crippen LogP contribution is 2.27. The monoisotopic (exact) mass is 399 g/mol. The van der Waals surface area contributed by atoms with Crippen LogP contribution in [0.4, 0.5) is 18.9 Å². The first kappa shape index (κ1) is 19.3. The summed E-state index contributed by atoms with van der Waals surface area (Å²) < 4.78 is 40.2. The third kappa shape index (κ3) is 5.49. The first-order valence-corrected chi connectivity index (χ1v) is 9.19. The molecule has 2 N–H and O–H groups in total. The van der Waals surface area contributed by atoms with Crippen molar-refractivity contribution in [2.75, 3.05) is 11.1 Å². The Balaban J connectivity index is 1.59. The number of nitrogens with one attached hydrogen (secondary N) is 2. The van der Waals surface area contributed by atoms with Crippen molar-refractivity contribution in [1.82, 2.24) is 9.97 Å². The Morgan fingerprint density at radius 1 is 1.22 bits per heavy atom. The van der Waals surface area contributed by atoms with Crippen LogP contribution in [-0.4, -0.2) is 28.0 Å². The van der Waals surface area contributed by atoms with Gasteiger partial charge in [-0.1, -0.05) is 11.8 Å². The summed E-state index contributed by atoms with van der Waals surface area (Å²) >= 11 is 1.17. The van der Waals surface area contributed by atoms with Crippen LogP contribution < -0.4 is 15.7 Å². The lowest BCUT2D eigenvalue weighted by atomic mass is 9.98. The van der Waals surface area contributed by atoms with Crippen molar-refractivity contribution in [3.63, 3.8) is 0 Å². The maximum atomic E-state index is 12.1. The van der Waals surface area contributed by atoms with E-state index in [-0.39, 0.29) is 17.4 Å². The molecular formula is C17H16F3N3O3S. The second-order valence-corrected chi connectivity index (χ2v) is 6.88. The molecule has 1 aromatic heterocycles. The van der Waals surface area contributed by atoms with Crippen LogP contribution in [0.1, 0.15) is 24.1 Å². The number of anilines is 1. The van der Waals surface area contributed by atoms with E-state index in [1.165, 1.54) is 23.9 Å². The highest BCUT2D eigenvalue weighted by molar-refractivity contribution is 8.00. The number of aromatic amines is 1. The van der Waals surface area contributed by atoms with Gasteiger partial charge in [0.05, 0.1) is 5.75 Å². The number of alkyl halides is 3. The van der Waals surface area contributed by atoms with Gasteiger partial charge in [-0.25, -0.2) is 4.79 Å². The molecule has 0 radical (unpaired) electrons. The number of ether oxygens (including phenoxy) is 1. The van der Waals surface area contributed by atoms with Crippen LogP contribution in [0.15, 0.2) is 34.1 Å². The van der Waals surface area contributed by atoms with Gasteiger partial charge in [0.2, 0.25) is 5.91 Å².